The molecule has 1 amide bonds. The van der Waals surface area contributed by atoms with Gasteiger partial charge < -0.3 is 5.32 Å². The molecule has 23 heavy (non-hydrogen) atoms. The summed E-state index contributed by atoms with van der Waals surface area (Å²) in [5.41, 5.74) is 0.760. The lowest BCUT2D eigenvalue weighted by Crippen LogP contribution is -2.23. The van der Waals surface area contributed by atoms with E-state index in [0.29, 0.717) is 15.2 Å². The van der Waals surface area contributed by atoms with Crippen LogP contribution in [0.25, 0.3) is 0 Å². The lowest BCUT2D eigenvalue weighted by Gasteiger charge is -2.14. The Hall–Kier alpha value is -1.41. The van der Waals surface area contributed by atoms with E-state index < -0.39 is 15.9 Å². The monoisotopic (exact) mass is 416 g/mol. The fraction of sp³-hybridized carbons (Fsp3) is 0.133. The summed E-state index contributed by atoms with van der Waals surface area (Å²) in [6, 6.07) is 11.1. The summed E-state index contributed by atoms with van der Waals surface area (Å²) in [5.74, 6) is -0.421. The molecule has 2 rings (SSSR count). The molecule has 0 radical (unpaired) electrons. The highest BCUT2D eigenvalue weighted by molar-refractivity contribution is 9.10. The highest BCUT2D eigenvalue weighted by Gasteiger charge is 2.22. The molecule has 0 aliphatic rings. The zero-order chi connectivity index (χ0) is 17.2. The Morgan fingerprint density at radius 3 is 2.48 bits per heavy atom. The summed E-state index contributed by atoms with van der Waals surface area (Å²) in [6.45, 7) is 0. The second-order valence-electron chi connectivity index (χ2n) is 4.90. The first-order valence-corrected chi connectivity index (χ1v) is 9.12. The molecule has 0 heterocycles. The number of nitrogens with one attached hydrogen (secondary N) is 1. The topological polar surface area (TPSA) is 66.5 Å². The van der Waals surface area contributed by atoms with Crippen molar-refractivity contribution in [3.05, 3.63) is 57.5 Å². The average molecular weight is 418 g/mol. The number of carbonyl (C=O) groups excluding carboxylic acids is 1. The van der Waals surface area contributed by atoms with Gasteiger partial charge in [0.25, 0.3) is 5.91 Å². The smallest absolute Gasteiger partial charge is 0.255 e. The number of carbonyl (C=O) groups is 1. The standard InChI is InChI=1S/C15H14BrClN2O3S/c1-19(2)23(21,22)14-8-10(6-7-13(14)16)15(20)18-12-5-3-4-11(17)9-12/h3-9H,1-2H3,(H,18,20). The van der Waals surface area contributed by atoms with Crippen LogP contribution in [0.15, 0.2) is 51.8 Å². The van der Waals surface area contributed by atoms with Crippen LogP contribution >= 0.6 is 27.5 Å². The number of anilines is 1. The lowest BCUT2D eigenvalue weighted by atomic mass is 10.2. The van der Waals surface area contributed by atoms with E-state index in [2.05, 4.69) is 21.2 Å². The van der Waals surface area contributed by atoms with Crippen LogP contribution in [-0.4, -0.2) is 32.7 Å². The Balaban J connectivity index is 2.36. The summed E-state index contributed by atoms with van der Waals surface area (Å²) in [6.07, 6.45) is 0. The molecular weight excluding hydrogens is 404 g/mol. The molecule has 0 saturated carbocycles. The molecule has 1 N–H and O–H groups in total. The maximum Gasteiger partial charge on any atom is 0.255 e. The van der Waals surface area contributed by atoms with Gasteiger partial charge in [0.15, 0.2) is 0 Å². The lowest BCUT2D eigenvalue weighted by molar-refractivity contribution is 0.102. The van der Waals surface area contributed by atoms with Crippen molar-refractivity contribution in [2.75, 3.05) is 19.4 Å². The van der Waals surface area contributed by atoms with Crippen LogP contribution in [0.5, 0.6) is 0 Å². The number of amides is 1. The van der Waals surface area contributed by atoms with E-state index in [9.17, 15) is 13.2 Å². The minimum absolute atomic E-state index is 0.0289. The Morgan fingerprint density at radius 2 is 1.87 bits per heavy atom. The molecule has 0 bridgehead atoms. The molecule has 2 aromatic carbocycles. The third-order valence-electron chi connectivity index (χ3n) is 3.03. The summed E-state index contributed by atoms with van der Waals surface area (Å²) in [5, 5.41) is 3.17. The predicted octanol–water partition coefficient (Wildman–Crippen LogP) is 3.61. The number of rotatable bonds is 4. The van der Waals surface area contributed by atoms with Crippen LogP contribution in [0.3, 0.4) is 0 Å². The summed E-state index contributed by atoms with van der Waals surface area (Å²) in [4.78, 5) is 12.3. The third-order valence-corrected chi connectivity index (χ3v) is 6.08. The van der Waals surface area contributed by atoms with Crippen LogP contribution in [0.1, 0.15) is 10.4 Å². The van der Waals surface area contributed by atoms with Crippen LogP contribution in [0, 0.1) is 0 Å². The van der Waals surface area contributed by atoms with Crippen molar-refractivity contribution in [2.24, 2.45) is 0 Å². The summed E-state index contributed by atoms with van der Waals surface area (Å²) >= 11 is 9.08. The van der Waals surface area contributed by atoms with Crippen molar-refractivity contribution in [2.45, 2.75) is 4.90 Å². The van der Waals surface area contributed by atoms with Gasteiger partial charge in [-0.25, -0.2) is 12.7 Å². The molecule has 0 aliphatic carbocycles. The van der Waals surface area contributed by atoms with E-state index in [1.165, 1.54) is 26.2 Å². The first-order chi connectivity index (χ1) is 10.7. The summed E-state index contributed by atoms with van der Waals surface area (Å²) < 4.78 is 26.0. The van der Waals surface area contributed by atoms with E-state index in [4.69, 9.17) is 11.6 Å². The van der Waals surface area contributed by atoms with Crippen molar-refractivity contribution >= 4 is 49.1 Å². The first-order valence-electron chi connectivity index (χ1n) is 6.51. The fourth-order valence-electron chi connectivity index (χ4n) is 1.81. The van der Waals surface area contributed by atoms with Gasteiger partial charge in [0.2, 0.25) is 10.0 Å². The van der Waals surface area contributed by atoms with Crippen molar-refractivity contribution in [3.8, 4) is 0 Å². The fourth-order valence-corrected chi connectivity index (χ4v) is 3.84. The number of hydrogen-bond acceptors (Lipinski definition) is 3. The zero-order valence-corrected chi connectivity index (χ0v) is 15.5. The summed E-state index contributed by atoms with van der Waals surface area (Å²) in [7, 11) is -0.796. The first kappa shape index (κ1) is 17.9. The highest BCUT2D eigenvalue weighted by Crippen LogP contribution is 2.26. The highest BCUT2D eigenvalue weighted by atomic mass is 79.9. The Bertz CT molecular complexity index is 854. The maximum absolute atomic E-state index is 12.3. The largest absolute Gasteiger partial charge is 0.322 e. The minimum Gasteiger partial charge on any atom is -0.322 e. The van der Waals surface area contributed by atoms with Gasteiger partial charge in [-0.3, -0.25) is 4.79 Å². The van der Waals surface area contributed by atoms with Crippen LogP contribution in [0.2, 0.25) is 5.02 Å². The Labute approximate surface area is 148 Å². The van der Waals surface area contributed by atoms with Gasteiger partial charge in [-0.05, 0) is 52.3 Å². The molecule has 0 aliphatic heterocycles. The van der Waals surface area contributed by atoms with E-state index in [1.54, 1.807) is 30.3 Å². The predicted molar refractivity (Wildman–Crippen MR) is 94.4 cm³/mol. The molecule has 0 saturated heterocycles. The molecule has 0 unspecified atom stereocenters. The number of benzene rings is 2. The SMILES string of the molecule is CN(C)S(=O)(=O)c1cc(C(=O)Nc2cccc(Cl)c2)ccc1Br. The van der Waals surface area contributed by atoms with Crippen molar-refractivity contribution < 1.29 is 13.2 Å². The number of nitrogens with zero attached hydrogens (tertiary/aromatic N) is 1. The molecule has 8 heteroatoms. The van der Waals surface area contributed by atoms with Gasteiger partial charge in [-0.1, -0.05) is 17.7 Å². The average Bonchev–Trinajstić information content (AvgIpc) is 2.47. The molecule has 0 atom stereocenters. The normalized spacial score (nSPS) is 11.5. The van der Waals surface area contributed by atoms with Gasteiger partial charge in [0.05, 0.1) is 4.90 Å². The van der Waals surface area contributed by atoms with Gasteiger partial charge >= 0.3 is 0 Å². The van der Waals surface area contributed by atoms with Crippen LogP contribution in [0.4, 0.5) is 5.69 Å². The quantitative estimate of drug-likeness (QED) is 0.826. The molecule has 2 aromatic rings. The van der Waals surface area contributed by atoms with Gasteiger partial charge in [-0.2, -0.15) is 0 Å². The minimum atomic E-state index is -3.66. The molecule has 0 spiro atoms. The van der Waals surface area contributed by atoms with E-state index >= 15 is 0 Å². The van der Waals surface area contributed by atoms with Crippen molar-refractivity contribution in [1.29, 1.82) is 0 Å². The number of halogens is 2. The third kappa shape index (κ3) is 4.11. The van der Waals surface area contributed by atoms with E-state index in [0.717, 1.165) is 4.31 Å². The molecule has 5 nitrogen and oxygen atoms in total. The van der Waals surface area contributed by atoms with E-state index in [1.807, 2.05) is 0 Å². The van der Waals surface area contributed by atoms with Gasteiger partial charge in [-0.15, -0.1) is 0 Å². The zero-order valence-electron chi connectivity index (χ0n) is 12.4. The Kier molecular flexibility index (Phi) is 5.46. The van der Waals surface area contributed by atoms with Crippen molar-refractivity contribution in [3.63, 3.8) is 0 Å². The van der Waals surface area contributed by atoms with Gasteiger partial charge in [0.1, 0.15) is 0 Å². The van der Waals surface area contributed by atoms with Gasteiger partial charge in [0, 0.05) is 34.8 Å². The van der Waals surface area contributed by atoms with Crippen LogP contribution < -0.4 is 5.32 Å². The molecule has 0 aromatic heterocycles. The molecular formula is C15H14BrClN2O3S. The Morgan fingerprint density at radius 1 is 1.17 bits per heavy atom. The number of hydrogen-bond donors (Lipinski definition) is 1. The molecule has 122 valence electrons. The van der Waals surface area contributed by atoms with Crippen molar-refractivity contribution in [1.82, 2.24) is 4.31 Å². The molecule has 0 fully saturated rings. The van der Waals surface area contributed by atoms with E-state index in [-0.39, 0.29) is 10.5 Å². The second kappa shape index (κ2) is 7.00. The maximum atomic E-state index is 12.3. The second-order valence-corrected chi connectivity index (χ2v) is 8.31. The number of sulfonamides is 1. The van der Waals surface area contributed by atoms with Crippen LogP contribution in [-0.2, 0) is 10.0 Å².